The topological polar surface area (TPSA) is 82.3 Å². The van der Waals surface area contributed by atoms with Crippen molar-refractivity contribution in [1.29, 1.82) is 0 Å². The minimum atomic E-state index is -0.329. The smallest absolute Gasteiger partial charge is 0.348 e. The van der Waals surface area contributed by atoms with Crippen LogP contribution in [0.2, 0.25) is 0 Å². The van der Waals surface area contributed by atoms with Gasteiger partial charge in [0.05, 0.1) is 12.0 Å². The number of aryl methyl sites for hydroxylation is 1. The summed E-state index contributed by atoms with van der Waals surface area (Å²) in [4.78, 5) is 26.4. The van der Waals surface area contributed by atoms with Gasteiger partial charge in [-0.05, 0) is 31.5 Å². The molecular weight excluding hydrogens is 326 g/mol. The molecule has 0 saturated heterocycles. The molecule has 0 aromatic carbocycles. The number of carbonyl (C=O) groups is 1. The van der Waals surface area contributed by atoms with E-state index in [9.17, 15) is 4.79 Å². The Labute approximate surface area is 141 Å². The number of rotatable bonds is 3. The van der Waals surface area contributed by atoms with Crippen molar-refractivity contribution in [2.45, 2.75) is 13.8 Å². The average Bonchev–Trinajstić information content (AvgIpc) is 3.17. The maximum absolute atomic E-state index is 12.1. The third-order valence-corrected chi connectivity index (χ3v) is 4.85. The summed E-state index contributed by atoms with van der Waals surface area (Å²) in [6, 6.07) is 3.70. The highest BCUT2D eigenvalue weighted by Crippen LogP contribution is 2.32. The van der Waals surface area contributed by atoms with Crippen LogP contribution in [0.3, 0.4) is 0 Å². The second-order valence-corrected chi connectivity index (χ2v) is 6.14. The van der Waals surface area contributed by atoms with Gasteiger partial charge in [-0.25, -0.2) is 19.3 Å². The van der Waals surface area contributed by atoms with E-state index in [0.29, 0.717) is 23.0 Å². The molecule has 0 saturated carbocycles. The Hall–Kier alpha value is -2.87. The van der Waals surface area contributed by atoms with Gasteiger partial charge >= 0.3 is 5.97 Å². The molecule has 24 heavy (non-hydrogen) atoms. The molecule has 4 rings (SSSR count). The van der Waals surface area contributed by atoms with E-state index in [-0.39, 0.29) is 5.97 Å². The summed E-state index contributed by atoms with van der Waals surface area (Å²) in [6.45, 7) is 4.01. The number of pyridine rings is 1. The first-order chi connectivity index (χ1) is 11.7. The molecule has 0 radical (unpaired) electrons. The van der Waals surface area contributed by atoms with Crippen molar-refractivity contribution in [2.24, 2.45) is 0 Å². The molecule has 4 aromatic rings. The van der Waals surface area contributed by atoms with Gasteiger partial charge in [0.2, 0.25) is 0 Å². The van der Waals surface area contributed by atoms with Crippen LogP contribution in [-0.4, -0.2) is 37.1 Å². The van der Waals surface area contributed by atoms with Crippen LogP contribution >= 0.6 is 11.3 Å². The second-order valence-electron chi connectivity index (χ2n) is 5.14. The van der Waals surface area contributed by atoms with E-state index in [1.807, 2.05) is 19.1 Å². The van der Waals surface area contributed by atoms with Crippen molar-refractivity contribution in [2.75, 3.05) is 6.61 Å². The molecule has 0 fully saturated rings. The van der Waals surface area contributed by atoms with Crippen LogP contribution in [0, 0.1) is 6.92 Å². The van der Waals surface area contributed by atoms with Crippen molar-refractivity contribution < 1.29 is 9.53 Å². The lowest BCUT2D eigenvalue weighted by Gasteiger charge is -1.99. The Kier molecular flexibility index (Phi) is 3.46. The van der Waals surface area contributed by atoms with Crippen LogP contribution in [0.15, 0.2) is 30.9 Å². The number of nitrogens with zero attached hydrogens (tertiary/aromatic N) is 5. The van der Waals surface area contributed by atoms with Gasteiger partial charge in [0.25, 0.3) is 0 Å². The number of ether oxygens (including phenoxy) is 1. The Morgan fingerprint density at radius 1 is 1.33 bits per heavy atom. The summed E-state index contributed by atoms with van der Waals surface area (Å²) in [7, 11) is 0. The summed E-state index contributed by atoms with van der Waals surface area (Å²) in [5, 5.41) is 5.30. The molecule has 120 valence electrons. The zero-order chi connectivity index (χ0) is 16.7. The molecular formula is C16H13N5O2S. The largest absolute Gasteiger partial charge is 0.462 e. The van der Waals surface area contributed by atoms with Gasteiger partial charge in [0.15, 0.2) is 11.5 Å². The molecule has 0 aliphatic carbocycles. The molecule has 0 bridgehead atoms. The number of carbonyl (C=O) groups excluding carboxylic acids is 1. The minimum Gasteiger partial charge on any atom is -0.462 e. The maximum atomic E-state index is 12.1. The van der Waals surface area contributed by atoms with Crippen molar-refractivity contribution >= 4 is 33.2 Å². The minimum absolute atomic E-state index is 0.329. The summed E-state index contributed by atoms with van der Waals surface area (Å²) >= 11 is 1.32. The Morgan fingerprint density at radius 2 is 2.12 bits per heavy atom. The van der Waals surface area contributed by atoms with Crippen LogP contribution in [-0.2, 0) is 4.74 Å². The highest BCUT2D eigenvalue weighted by Gasteiger charge is 2.21. The summed E-state index contributed by atoms with van der Waals surface area (Å²) in [5.74, 6) is 0.264. The second kappa shape index (κ2) is 5.64. The van der Waals surface area contributed by atoms with Crippen molar-refractivity contribution in [3.8, 4) is 11.4 Å². The molecule has 7 nitrogen and oxygen atoms in total. The van der Waals surface area contributed by atoms with E-state index in [2.05, 4.69) is 20.1 Å². The van der Waals surface area contributed by atoms with Crippen LogP contribution in [0.1, 0.15) is 22.2 Å². The van der Waals surface area contributed by atoms with Crippen molar-refractivity contribution in [1.82, 2.24) is 24.6 Å². The van der Waals surface area contributed by atoms with E-state index >= 15 is 0 Å². The van der Waals surface area contributed by atoms with Gasteiger partial charge < -0.3 is 4.74 Å². The van der Waals surface area contributed by atoms with Gasteiger partial charge in [-0.15, -0.1) is 16.4 Å². The highest BCUT2D eigenvalue weighted by atomic mass is 32.1. The summed E-state index contributed by atoms with van der Waals surface area (Å²) < 4.78 is 6.75. The van der Waals surface area contributed by atoms with Crippen molar-refractivity contribution in [3.63, 3.8) is 0 Å². The fourth-order valence-electron chi connectivity index (χ4n) is 2.55. The molecule has 0 N–H and O–H groups in total. The summed E-state index contributed by atoms with van der Waals surface area (Å²) in [6.07, 6.45) is 5.01. The SMILES string of the molecule is CCOC(=O)c1sc2ncn3nc(-c4ccncc4)nc3c2c1C. The Bertz CT molecular complexity index is 1050. The van der Waals surface area contributed by atoms with Gasteiger partial charge in [-0.2, -0.15) is 0 Å². The standard InChI is InChI=1S/C16H13N5O2S/c1-3-23-16(22)12-9(2)11-14-19-13(10-4-6-17-7-5-10)20-21(14)8-18-15(11)24-12/h4-8H,3H2,1-2H3. The van der Waals surface area contributed by atoms with E-state index < -0.39 is 0 Å². The predicted octanol–water partition coefficient (Wildman–Crippen LogP) is 2.89. The predicted molar refractivity (Wildman–Crippen MR) is 90.1 cm³/mol. The first kappa shape index (κ1) is 14.7. The molecule has 8 heteroatoms. The van der Waals surface area contributed by atoms with Crippen LogP contribution in [0.5, 0.6) is 0 Å². The number of thiophene rings is 1. The lowest BCUT2D eigenvalue weighted by atomic mass is 10.2. The van der Waals surface area contributed by atoms with Crippen LogP contribution in [0.25, 0.3) is 27.3 Å². The Morgan fingerprint density at radius 3 is 2.88 bits per heavy atom. The van der Waals surface area contributed by atoms with Gasteiger partial charge in [0.1, 0.15) is 16.0 Å². The molecule has 0 amide bonds. The highest BCUT2D eigenvalue weighted by molar-refractivity contribution is 7.20. The number of esters is 1. The van der Waals surface area contributed by atoms with Gasteiger partial charge in [-0.1, -0.05) is 0 Å². The van der Waals surface area contributed by atoms with Gasteiger partial charge in [0, 0.05) is 18.0 Å². The van der Waals surface area contributed by atoms with E-state index in [4.69, 9.17) is 4.74 Å². The first-order valence-electron chi connectivity index (χ1n) is 7.41. The lowest BCUT2D eigenvalue weighted by Crippen LogP contribution is -2.03. The summed E-state index contributed by atoms with van der Waals surface area (Å²) in [5.41, 5.74) is 2.37. The molecule has 0 spiro atoms. The third-order valence-electron chi connectivity index (χ3n) is 3.67. The first-order valence-corrected chi connectivity index (χ1v) is 8.22. The fourth-order valence-corrected chi connectivity index (χ4v) is 3.59. The zero-order valence-corrected chi connectivity index (χ0v) is 13.9. The monoisotopic (exact) mass is 339 g/mol. The molecule has 0 aliphatic heterocycles. The number of aromatic nitrogens is 5. The van der Waals surface area contributed by atoms with E-state index in [1.54, 1.807) is 30.2 Å². The van der Waals surface area contributed by atoms with Gasteiger partial charge in [-0.3, -0.25) is 4.98 Å². The fraction of sp³-hybridized carbons (Fsp3) is 0.188. The van der Waals surface area contributed by atoms with Crippen LogP contribution in [0.4, 0.5) is 0 Å². The molecule has 4 aromatic heterocycles. The number of hydrogen-bond acceptors (Lipinski definition) is 7. The Balaban J connectivity index is 1.94. The zero-order valence-electron chi connectivity index (χ0n) is 13.1. The molecule has 0 atom stereocenters. The molecule has 0 aliphatic rings. The maximum Gasteiger partial charge on any atom is 0.348 e. The lowest BCUT2D eigenvalue weighted by molar-refractivity contribution is 0.0531. The third kappa shape index (κ3) is 2.23. The van der Waals surface area contributed by atoms with Crippen molar-refractivity contribution in [3.05, 3.63) is 41.3 Å². The number of hydrogen-bond donors (Lipinski definition) is 0. The van der Waals surface area contributed by atoms with Crippen LogP contribution < -0.4 is 0 Å². The molecule has 0 unspecified atom stereocenters. The van der Waals surface area contributed by atoms with E-state index in [0.717, 1.165) is 21.3 Å². The van der Waals surface area contributed by atoms with E-state index in [1.165, 1.54) is 11.3 Å². The molecule has 4 heterocycles. The average molecular weight is 339 g/mol. The normalized spacial score (nSPS) is 11.2. The number of fused-ring (bicyclic) bond motifs is 3. The quantitative estimate of drug-likeness (QED) is 0.534.